The first-order valence-corrected chi connectivity index (χ1v) is 4.03. The van der Waals surface area contributed by atoms with Gasteiger partial charge in [-0.3, -0.25) is 10.1 Å². The van der Waals surface area contributed by atoms with E-state index in [2.05, 4.69) is 6.58 Å². The average Bonchev–Trinajstić information content (AvgIpc) is 2.00. The van der Waals surface area contributed by atoms with Crippen molar-refractivity contribution in [3.05, 3.63) is 45.5 Å². The lowest BCUT2D eigenvalue weighted by Gasteiger charge is -2.05. The summed E-state index contributed by atoms with van der Waals surface area (Å²) in [5.41, 5.74) is -1.12. The maximum Gasteiger partial charge on any atom is 0.416 e. The van der Waals surface area contributed by atoms with Crippen LogP contribution in [0.5, 0.6) is 0 Å². The molecule has 0 aromatic rings. The standard InChI is InChI=1S/C8H7ClF3NO2/c1-6(9)2-3-7(8(10,11)12)4-5-13(14)15/h2-4H,1,5H2/b3-2-,7-4+. The molecule has 0 spiro atoms. The Hall–Kier alpha value is -1.30. The first-order valence-electron chi connectivity index (χ1n) is 3.65. The van der Waals surface area contributed by atoms with Crippen LogP contribution in [-0.2, 0) is 0 Å². The van der Waals surface area contributed by atoms with E-state index in [1.165, 1.54) is 0 Å². The molecule has 0 unspecified atom stereocenters. The lowest BCUT2D eigenvalue weighted by Crippen LogP contribution is -2.12. The largest absolute Gasteiger partial charge is 0.416 e. The number of alkyl halides is 3. The van der Waals surface area contributed by atoms with Crippen LogP contribution in [0.1, 0.15) is 0 Å². The Morgan fingerprint density at radius 3 is 2.33 bits per heavy atom. The Labute approximate surface area is 88.7 Å². The maximum absolute atomic E-state index is 12.2. The molecule has 0 aliphatic heterocycles. The Balaban J connectivity index is 4.82. The molecule has 0 aromatic heterocycles. The molecule has 15 heavy (non-hydrogen) atoms. The Kier molecular flexibility index (Phi) is 5.07. The topological polar surface area (TPSA) is 43.1 Å². The quantitative estimate of drug-likeness (QED) is 0.431. The molecule has 0 amide bonds. The van der Waals surface area contributed by atoms with Crippen LogP contribution >= 0.6 is 11.6 Å². The SMILES string of the molecule is C=C(Cl)/C=C\C(=C/C[N+](=O)[O-])C(F)(F)F. The molecule has 0 bridgehead atoms. The van der Waals surface area contributed by atoms with E-state index in [4.69, 9.17) is 11.6 Å². The van der Waals surface area contributed by atoms with Crippen LogP contribution < -0.4 is 0 Å². The monoisotopic (exact) mass is 241 g/mol. The third-order valence-corrected chi connectivity index (χ3v) is 1.36. The Bertz CT molecular complexity index is 320. The van der Waals surface area contributed by atoms with Crippen LogP contribution in [0.15, 0.2) is 35.4 Å². The fourth-order valence-corrected chi connectivity index (χ4v) is 0.694. The van der Waals surface area contributed by atoms with Gasteiger partial charge in [0.25, 0.3) is 0 Å². The van der Waals surface area contributed by atoms with Gasteiger partial charge in [-0.15, -0.1) is 0 Å². The molecule has 0 aliphatic carbocycles. The number of nitrogens with zero attached hydrogens (tertiary/aromatic N) is 1. The van der Waals surface area contributed by atoms with Crippen LogP contribution in [0.2, 0.25) is 0 Å². The second kappa shape index (κ2) is 5.55. The lowest BCUT2D eigenvalue weighted by atomic mass is 10.2. The fraction of sp³-hybridized carbons (Fsp3) is 0.250. The van der Waals surface area contributed by atoms with Gasteiger partial charge in [0.2, 0.25) is 6.54 Å². The van der Waals surface area contributed by atoms with Gasteiger partial charge in [-0.1, -0.05) is 18.2 Å². The summed E-state index contributed by atoms with van der Waals surface area (Å²) >= 11 is 5.22. The first-order chi connectivity index (χ1) is 6.73. The summed E-state index contributed by atoms with van der Waals surface area (Å²) in [6.45, 7) is 2.26. The van der Waals surface area contributed by atoms with Crippen LogP contribution in [-0.4, -0.2) is 17.6 Å². The van der Waals surface area contributed by atoms with E-state index in [1.807, 2.05) is 0 Å². The molecule has 0 saturated heterocycles. The molecule has 0 aromatic carbocycles. The summed E-state index contributed by atoms with van der Waals surface area (Å²) < 4.78 is 36.6. The molecular formula is C8H7ClF3NO2. The van der Waals surface area contributed by atoms with Crippen molar-refractivity contribution in [3.8, 4) is 0 Å². The van der Waals surface area contributed by atoms with Crippen molar-refractivity contribution in [2.45, 2.75) is 6.18 Å². The van der Waals surface area contributed by atoms with Gasteiger partial charge >= 0.3 is 6.18 Å². The molecule has 0 aliphatic rings. The second-order valence-electron chi connectivity index (χ2n) is 2.45. The molecule has 7 heteroatoms. The third kappa shape index (κ3) is 6.73. The van der Waals surface area contributed by atoms with Gasteiger partial charge in [0.15, 0.2) is 0 Å². The Morgan fingerprint density at radius 1 is 1.47 bits per heavy atom. The predicted molar refractivity (Wildman–Crippen MR) is 50.1 cm³/mol. The fourth-order valence-electron chi connectivity index (χ4n) is 0.631. The van der Waals surface area contributed by atoms with Crippen LogP contribution in [0.25, 0.3) is 0 Å². The highest BCUT2D eigenvalue weighted by Gasteiger charge is 2.31. The number of hydrogen-bond donors (Lipinski definition) is 0. The minimum Gasteiger partial charge on any atom is -0.264 e. The molecule has 0 heterocycles. The smallest absolute Gasteiger partial charge is 0.264 e. The summed E-state index contributed by atoms with van der Waals surface area (Å²) in [6.07, 6.45) is -2.62. The van der Waals surface area contributed by atoms with Gasteiger partial charge in [0.1, 0.15) is 0 Å². The van der Waals surface area contributed by atoms with Crippen molar-refractivity contribution >= 4 is 11.6 Å². The highest BCUT2D eigenvalue weighted by Crippen LogP contribution is 2.26. The van der Waals surface area contributed by atoms with Gasteiger partial charge in [-0.2, -0.15) is 13.2 Å². The van der Waals surface area contributed by atoms with Gasteiger partial charge in [0.05, 0.1) is 5.57 Å². The minimum atomic E-state index is -4.64. The third-order valence-electron chi connectivity index (χ3n) is 1.23. The molecule has 0 radical (unpaired) electrons. The van der Waals surface area contributed by atoms with E-state index < -0.39 is 23.2 Å². The number of allylic oxidation sites excluding steroid dienone is 4. The molecule has 0 fully saturated rings. The van der Waals surface area contributed by atoms with Crippen molar-refractivity contribution in [2.24, 2.45) is 0 Å². The van der Waals surface area contributed by atoms with E-state index in [0.29, 0.717) is 12.2 Å². The van der Waals surface area contributed by atoms with Gasteiger partial charge in [0, 0.05) is 9.96 Å². The molecular weight excluding hydrogens is 235 g/mol. The maximum atomic E-state index is 12.2. The van der Waals surface area contributed by atoms with Crippen molar-refractivity contribution in [1.29, 1.82) is 0 Å². The van der Waals surface area contributed by atoms with Crippen LogP contribution in [0.3, 0.4) is 0 Å². The normalized spacial score (nSPS) is 13.2. The van der Waals surface area contributed by atoms with E-state index in [1.54, 1.807) is 0 Å². The van der Waals surface area contributed by atoms with E-state index in [9.17, 15) is 23.3 Å². The zero-order valence-electron chi connectivity index (χ0n) is 7.42. The van der Waals surface area contributed by atoms with Gasteiger partial charge < -0.3 is 0 Å². The van der Waals surface area contributed by atoms with Crippen molar-refractivity contribution in [3.63, 3.8) is 0 Å². The predicted octanol–water partition coefficient (Wildman–Crippen LogP) is 3.06. The molecule has 0 rings (SSSR count). The molecule has 0 saturated carbocycles. The number of hydrogen-bond acceptors (Lipinski definition) is 2. The molecule has 0 N–H and O–H groups in total. The van der Waals surface area contributed by atoms with Crippen molar-refractivity contribution in [2.75, 3.05) is 6.54 Å². The van der Waals surface area contributed by atoms with Crippen LogP contribution in [0, 0.1) is 10.1 Å². The first kappa shape index (κ1) is 13.7. The average molecular weight is 242 g/mol. The summed E-state index contributed by atoms with van der Waals surface area (Å²) in [4.78, 5) is 9.03. The summed E-state index contributed by atoms with van der Waals surface area (Å²) in [7, 11) is 0. The lowest BCUT2D eigenvalue weighted by molar-refractivity contribution is -0.468. The summed E-state index contributed by atoms with van der Waals surface area (Å²) in [5.74, 6) is 0. The summed E-state index contributed by atoms with van der Waals surface area (Å²) in [6, 6.07) is 0. The highest BCUT2D eigenvalue weighted by molar-refractivity contribution is 6.30. The highest BCUT2D eigenvalue weighted by atomic mass is 35.5. The summed E-state index contributed by atoms with van der Waals surface area (Å²) in [5, 5.41) is 9.80. The van der Waals surface area contributed by atoms with E-state index in [-0.39, 0.29) is 5.03 Å². The minimum absolute atomic E-state index is 0.0914. The molecule has 84 valence electrons. The van der Waals surface area contributed by atoms with E-state index in [0.717, 1.165) is 6.08 Å². The number of rotatable bonds is 4. The zero-order valence-corrected chi connectivity index (χ0v) is 8.18. The van der Waals surface area contributed by atoms with Gasteiger partial charge in [-0.25, -0.2) is 0 Å². The molecule has 0 atom stereocenters. The van der Waals surface area contributed by atoms with Crippen molar-refractivity contribution < 1.29 is 18.1 Å². The number of halogens is 4. The van der Waals surface area contributed by atoms with Crippen molar-refractivity contribution in [1.82, 2.24) is 0 Å². The van der Waals surface area contributed by atoms with Crippen LogP contribution in [0.4, 0.5) is 13.2 Å². The van der Waals surface area contributed by atoms with E-state index >= 15 is 0 Å². The molecule has 3 nitrogen and oxygen atoms in total. The Morgan fingerprint density at radius 2 is 2.00 bits per heavy atom. The zero-order chi connectivity index (χ0) is 12.1. The second-order valence-corrected chi connectivity index (χ2v) is 2.94. The number of nitro groups is 1. The van der Waals surface area contributed by atoms with Gasteiger partial charge in [-0.05, 0) is 18.2 Å².